The predicted molar refractivity (Wildman–Crippen MR) is 101 cm³/mol. The summed E-state index contributed by atoms with van der Waals surface area (Å²) in [5.41, 5.74) is 14.2. The number of hydrogen-bond acceptors (Lipinski definition) is 9. The van der Waals surface area contributed by atoms with Crippen LogP contribution in [-0.2, 0) is 0 Å². The third-order valence-corrected chi connectivity index (χ3v) is 4.49. The summed E-state index contributed by atoms with van der Waals surface area (Å²) in [4.78, 5) is 8.71. The molecule has 3 heterocycles. The number of guanidine groups is 1. The molecule has 0 radical (unpaired) electrons. The van der Waals surface area contributed by atoms with Gasteiger partial charge in [-0.25, -0.2) is 9.98 Å². The lowest BCUT2D eigenvalue weighted by atomic mass is 9.94. The van der Waals surface area contributed by atoms with Crippen molar-refractivity contribution in [3.05, 3.63) is 40.0 Å². The smallest absolute Gasteiger partial charge is 0.211 e. The summed E-state index contributed by atoms with van der Waals surface area (Å²) < 4.78 is 0. The molecule has 27 heavy (non-hydrogen) atoms. The minimum atomic E-state index is -0.632. The molecule has 4 rings (SSSR count). The van der Waals surface area contributed by atoms with Crippen LogP contribution < -0.4 is 22.1 Å². The fraction of sp³-hybridized carbons (Fsp3) is 0.0625. The number of H-pyrrole nitrogens is 1. The lowest BCUT2D eigenvalue weighted by Crippen LogP contribution is -2.32. The Hall–Kier alpha value is -4.02. The molecule has 3 aromatic rings. The summed E-state index contributed by atoms with van der Waals surface area (Å²) in [6.07, 6.45) is 1.80. The molecular formula is C16H11ClN10. The molecule has 0 saturated heterocycles. The Morgan fingerprint density at radius 1 is 1.26 bits per heavy atom. The van der Waals surface area contributed by atoms with Gasteiger partial charge in [0.1, 0.15) is 34.5 Å². The highest BCUT2D eigenvalue weighted by atomic mass is 35.5. The number of hydrogen-bond donors (Lipinski definition) is 5. The van der Waals surface area contributed by atoms with Crippen LogP contribution in [0.15, 0.2) is 23.2 Å². The van der Waals surface area contributed by atoms with Crippen LogP contribution in [0.3, 0.4) is 0 Å². The van der Waals surface area contributed by atoms with E-state index in [1.165, 1.54) is 0 Å². The van der Waals surface area contributed by atoms with Crippen LogP contribution in [-0.4, -0.2) is 21.1 Å². The minimum Gasteiger partial charge on any atom is -0.397 e. The van der Waals surface area contributed by atoms with Gasteiger partial charge in [0.15, 0.2) is 6.19 Å². The average molecular weight is 379 g/mol. The third-order valence-electron chi connectivity index (χ3n) is 4.20. The molecular weight excluding hydrogens is 368 g/mol. The number of anilines is 3. The lowest BCUT2D eigenvalue weighted by molar-refractivity contribution is 0.848. The molecule has 0 amide bonds. The maximum absolute atomic E-state index is 9.35. The molecule has 7 N–H and O–H groups in total. The molecule has 11 heteroatoms. The summed E-state index contributed by atoms with van der Waals surface area (Å²) in [6.45, 7) is 0. The number of nitrogen functional groups attached to an aromatic ring is 2. The number of aromatic amines is 1. The van der Waals surface area contributed by atoms with Crippen molar-refractivity contribution in [2.75, 3.05) is 16.8 Å². The zero-order valence-electron chi connectivity index (χ0n) is 13.6. The van der Waals surface area contributed by atoms with Crippen LogP contribution in [0, 0.1) is 22.8 Å². The summed E-state index contributed by atoms with van der Waals surface area (Å²) in [7, 11) is 0. The number of pyridine rings is 1. The van der Waals surface area contributed by atoms with Gasteiger partial charge in [-0.1, -0.05) is 17.7 Å². The number of nitrogens with two attached hydrogens (primary N) is 2. The van der Waals surface area contributed by atoms with Gasteiger partial charge in [0.05, 0.1) is 11.2 Å². The van der Waals surface area contributed by atoms with E-state index in [1.807, 2.05) is 18.2 Å². The first-order chi connectivity index (χ1) is 13.0. The number of fused-ring (bicyclic) bond motifs is 2. The van der Waals surface area contributed by atoms with Crippen LogP contribution in [0.25, 0.3) is 10.9 Å². The number of nitriles is 2. The quantitative estimate of drug-likeness (QED) is 0.313. The largest absolute Gasteiger partial charge is 0.397 e. The Morgan fingerprint density at radius 3 is 2.81 bits per heavy atom. The fourth-order valence-electron chi connectivity index (χ4n) is 2.99. The molecule has 0 bridgehead atoms. The van der Waals surface area contributed by atoms with Crippen molar-refractivity contribution in [1.82, 2.24) is 20.5 Å². The Labute approximate surface area is 157 Å². The number of rotatable bonds is 1. The standard InChI is InChI=1S/C16H11ClN10/c17-13-7-3-6(1-2-9(7)26-27-13)12-10-11(20)8(4-18)14(21)24-15(10)25-16(23-12)22-5-19/h1-3,12H,(H,26,27)(H6,20,21,22,23,24,25). The molecule has 0 fully saturated rings. The van der Waals surface area contributed by atoms with Crippen molar-refractivity contribution in [1.29, 1.82) is 10.5 Å². The van der Waals surface area contributed by atoms with E-state index in [4.69, 9.17) is 28.3 Å². The van der Waals surface area contributed by atoms with E-state index in [0.717, 1.165) is 5.56 Å². The van der Waals surface area contributed by atoms with E-state index < -0.39 is 6.04 Å². The molecule has 10 nitrogen and oxygen atoms in total. The van der Waals surface area contributed by atoms with Crippen molar-refractivity contribution in [3.63, 3.8) is 0 Å². The van der Waals surface area contributed by atoms with Crippen molar-refractivity contribution in [2.45, 2.75) is 6.04 Å². The average Bonchev–Trinajstić information content (AvgIpc) is 3.02. The highest BCUT2D eigenvalue weighted by Gasteiger charge is 2.30. The van der Waals surface area contributed by atoms with E-state index in [2.05, 4.69) is 30.8 Å². The van der Waals surface area contributed by atoms with Gasteiger partial charge in [-0.05, 0) is 17.7 Å². The van der Waals surface area contributed by atoms with Gasteiger partial charge in [-0.3, -0.25) is 10.4 Å². The Kier molecular flexibility index (Phi) is 3.69. The second-order valence-corrected chi connectivity index (χ2v) is 6.09. The highest BCUT2D eigenvalue weighted by Crippen LogP contribution is 2.41. The Balaban J connectivity index is 1.97. The SMILES string of the molecule is N#CNC1=NC(c2ccc3n[nH]c(Cl)c3c2)c2c(nc(N)c(C#N)c2N)N1. The monoisotopic (exact) mass is 378 g/mol. The minimum absolute atomic E-state index is 0.00783. The molecule has 1 unspecified atom stereocenters. The van der Waals surface area contributed by atoms with Crippen molar-refractivity contribution >= 4 is 45.8 Å². The fourth-order valence-corrected chi connectivity index (χ4v) is 3.18. The molecule has 1 atom stereocenters. The number of benzene rings is 1. The number of nitrogens with zero attached hydrogens (tertiary/aromatic N) is 5. The van der Waals surface area contributed by atoms with Crippen molar-refractivity contribution < 1.29 is 0 Å². The second-order valence-electron chi connectivity index (χ2n) is 5.72. The maximum Gasteiger partial charge on any atom is 0.211 e. The van der Waals surface area contributed by atoms with Crippen LogP contribution in [0.5, 0.6) is 0 Å². The number of aliphatic imine (C=N–C) groups is 1. The van der Waals surface area contributed by atoms with Gasteiger partial charge >= 0.3 is 0 Å². The summed E-state index contributed by atoms with van der Waals surface area (Å²) in [5, 5.41) is 31.5. The Bertz CT molecular complexity index is 1200. The number of nitrogens with one attached hydrogen (secondary N) is 3. The summed E-state index contributed by atoms with van der Waals surface area (Å²) in [6, 6.07) is 6.75. The van der Waals surface area contributed by atoms with E-state index in [9.17, 15) is 5.26 Å². The normalized spacial score (nSPS) is 15.2. The first-order valence-corrected chi connectivity index (χ1v) is 8.03. The highest BCUT2D eigenvalue weighted by molar-refractivity contribution is 6.34. The molecule has 0 aliphatic carbocycles. The number of halogens is 1. The first-order valence-electron chi connectivity index (χ1n) is 7.66. The van der Waals surface area contributed by atoms with Gasteiger partial charge < -0.3 is 16.8 Å². The van der Waals surface area contributed by atoms with Crippen LogP contribution >= 0.6 is 11.6 Å². The maximum atomic E-state index is 9.35. The number of aromatic nitrogens is 3. The molecule has 0 saturated carbocycles. The van der Waals surface area contributed by atoms with E-state index in [-0.39, 0.29) is 23.0 Å². The van der Waals surface area contributed by atoms with Crippen LogP contribution in [0.1, 0.15) is 22.7 Å². The molecule has 132 valence electrons. The summed E-state index contributed by atoms with van der Waals surface area (Å²) in [5.74, 6) is 0.496. The van der Waals surface area contributed by atoms with Gasteiger partial charge in [0, 0.05) is 10.9 Å². The summed E-state index contributed by atoms with van der Waals surface area (Å²) >= 11 is 6.14. The molecule has 1 aromatic carbocycles. The molecule has 0 spiro atoms. The van der Waals surface area contributed by atoms with E-state index in [0.29, 0.717) is 27.4 Å². The zero-order valence-corrected chi connectivity index (χ0v) is 14.3. The van der Waals surface area contributed by atoms with Gasteiger partial charge in [0.2, 0.25) is 5.96 Å². The van der Waals surface area contributed by atoms with Crippen molar-refractivity contribution in [3.8, 4) is 12.3 Å². The van der Waals surface area contributed by atoms with E-state index in [1.54, 1.807) is 12.3 Å². The molecule has 2 aromatic heterocycles. The van der Waals surface area contributed by atoms with E-state index >= 15 is 0 Å². The van der Waals surface area contributed by atoms with Crippen molar-refractivity contribution in [2.24, 2.45) is 4.99 Å². The third kappa shape index (κ3) is 2.52. The van der Waals surface area contributed by atoms with Gasteiger partial charge in [-0.15, -0.1) is 0 Å². The molecule has 1 aliphatic heterocycles. The lowest BCUT2D eigenvalue weighted by Gasteiger charge is -2.26. The van der Waals surface area contributed by atoms with Gasteiger partial charge in [-0.2, -0.15) is 15.6 Å². The second kappa shape index (κ2) is 6.05. The predicted octanol–water partition coefficient (Wildman–Crippen LogP) is 1.59. The Morgan fingerprint density at radius 2 is 2.07 bits per heavy atom. The zero-order chi connectivity index (χ0) is 19.1. The molecule has 1 aliphatic rings. The van der Waals surface area contributed by atoms with Crippen LogP contribution in [0.2, 0.25) is 5.15 Å². The van der Waals surface area contributed by atoms with Gasteiger partial charge in [0.25, 0.3) is 0 Å². The first kappa shape index (κ1) is 16.4. The topological polar surface area (TPSA) is 178 Å². The van der Waals surface area contributed by atoms with Crippen LogP contribution in [0.4, 0.5) is 17.3 Å².